The number of aliphatic hydroxyl groups excluding tert-OH is 1. The van der Waals surface area contributed by atoms with Crippen molar-refractivity contribution in [2.45, 2.75) is 12.5 Å². The number of carbonyl (C=O) groups excluding carboxylic acids is 1. The molecule has 1 aliphatic rings. The van der Waals surface area contributed by atoms with E-state index in [-0.39, 0.29) is 5.91 Å². The Labute approximate surface area is 107 Å². The lowest BCUT2D eigenvalue weighted by Gasteiger charge is -2.22. The van der Waals surface area contributed by atoms with Crippen LogP contribution < -0.4 is 11.1 Å². The summed E-state index contributed by atoms with van der Waals surface area (Å²) >= 11 is 0. The molecule has 1 aromatic carbocycles. The van der Waals surface area contributed by atoms with Crippen molar-refractivity contribution in [2.75, 3.05) is 31.9 Å². The molecule has 1 aliphatic heterocycles. The molecule has 4 N–H and O–H groups in total. The molecule has 1 atom stereocenters. The summed E-state index contributed by atoms with van der Waals surface area (Å²) < 4.78 is 0. The van der Waals surface area contributed by atoms with E-state index in [0.717, 1.165) is 12.1 Å². The molecule has 1 unspecified atom stereocenters. The Morgan fingerprint density at radius 2 is 2.06 bits per heavy atom. The third-order valence-corrected chi connectivity index (χ3v) is 3.16. The van der Waals surface area contributed by atoms with E-state index in [0.29, 0.717) is 31.7 Å². The van der Waals surface area contributed by atoms with E-state index in [4.69, 9.17) is 5.73 Å². The predicted octanol–water partition coefficient (Wildman–Crippen LogP) is 0.124. The summed E-state index contributed by atoms with van der Waals surface area (Å²) in [6, 6.07) is 7.24. The summed E-state index contributed by atoms with van der Waals surface area (Å²) in [5.41, 5.74) is 7.15. The molecule has 1 amide bonds. The molecule has 5 nitrogen and oxygen atoms in total. The lowest BCUT2D eigenvalue weighted by molar-refractivity contribution is -0.120. The Bertz CT molecular complexity index is 405. The topological polar surface area (TPSA) is 78.6 Å². The molecule has 1 aromatic rings. The van der Waals surface area contributed by atoms with Gasteiger partial charge >= 0.3 is 0 Å². The fourth-order valence-electron chi connectivity index (χ4n) is 2.06. The van der Waals surface area contributed by atoms with Crippen molar-refractivity contribution in [3.05, 3.63) is 29.8 Å². The van der Waals surface area contributed by atoms with Crippen LogP contribution >= 0.6 is 0 Å². The van der Waals surface area contributed by atoms with Crippen molar-refractivity contribution in [1.29, 1.82) is 0 Å². The summed E-state index contributed by atoms with van der Waals surface area (Å²) in [6.07, 6.45) is -0.0483. The maximum absolute atomic E-state index is 11.2. The number of aliphatic hydroxyl groups is 1. The highest BCUT2D eigenvalue weighted by molar-refractivity contribution is 5.76. The number of amides is 1. The number of hydrogen-bond donors (Lipinski definition) is 3. The number of nitrogens with two attached hydrogens (primary N) is 1. The molecular weight excluding hydrogens is 230 g/mol. The van der Waals surface area contributed by atoms with Crippen LogP contribution in [0.4, 0.5) is 5.69 Å². The van der Waals surface area contributed by atoms with Gasteiger partial charge in [0.1, 0.15) is 0 Å². The average Bonchev–Trinajstić information content (AvgIpc) is 2.55. The van der Waals surface area contributed by atoms with Gasteiger partial charge in [-0.15, -0.1) is 0 Å². The van der Waals surface area contributed by atoms with Gasteiger partial charge in [0.15, 0.2) is 0 Å². The van der Waals surface area contributed by atoms with Gasteiger partial charge in [-0.05, 0) is 17.7 Å². The van der Waals surface area contributed by atoms with E-state index >= 15 is 0 Å². The SMILES string of the molecule is Nc1ccc(C(O)CN2CCNC(=O)CC2)cc1. The lowest BCUT2D eigenvalue weighted by atomic mass is 10.1. The quantitative estimate of drug-likeness (QED) is 0.665. The molecule has 0 spiro atoms. The number of benzene rings is 1. The summed E-state index contributed by atoms with van der Waals surface area (Å²) in [6.45, 7) is 2.65. The van der Waals surface area contributed by atoms with Crippen molar-refractivity contribution in [3.8, 4) is 0 Å². The number of rotatable bonds is 3. The number of β-amino-alcohol motifs (C(OH)–C–C–N with tert-alkyl or cyclic N) is 1. The monoisotopic (exact) mass is 249 g/mol. The van der Waals surface area contributed by atoms with Crippen molar-refractivity contribution in [1.82, 2.24) is 10.2 Å². The van der Waals surface area contributed by atoms with Gasteiger partial charge in [0.25, 0.3) is 0 Å². The summed E-state index contributed by atoms with van der Waals surface area (Å²) in [7, 11) is 0. The lowest BCUT2D eigenvalue weighted by Crippen LogP contribution is -2.32. The molecule has 0 aliphatic carbocycles. The minimum absolute atomic E-state index is 0.0828. The summed E-state index contributed by atoms with van der Waals surface area (Å²) in [5.74, 6) is 0.0828. The molecule has 0 radical (unpaired) electrons. The molecule has 5 heteroatoms. The molecular formula is C13H19N3O2. The first-order chi connectivity index (χ1) is 8.65. The Morgan fingerprint density at radius 1 is 1.33 bits per heavy atom. The van der Waals surface area contributed by atoms with E-state index in [1.165, 1.54) is 0 Å². The van der Waals surface area contributed by atoms with Gasteiger partial charge in [0, 0.05) is 38.3 Å². The first-order valence-electron chi connectivity index (χ1n) is 6.18. The second-order valence-corrected chi connectivity index (χ2v) is 4.58. The minimum atomic E-state index is -0.543. The molecule has 0 bridgehead atoms. The maximum atomic E-state index is 11.2. The number of hydrogen-bond acceptors (Lipinski definition) is 4. The zero-order valence-corrected chi connectivity index (χ0v) is 10.3. The molecule has 0 saturated carbocycles. The smallest absolute Gasteiger partial charge is 0.221 e. The number of carbonyl (C=O) groups is 1. The Hall–Kier alpha value is -1.59. The van der Waals surface area contributed by atoms with Crippen molar-refractivity contribution in [2.24, 2.45) is 0 Å². The van der Waals surface area contributed by atoms with Gasteiger partial charge in [-0.1, -0.05) is 12.1 Å². The molecule has 2 rings (SSSR count). The summed E-state index contributed by atoms with van der Waals surface area (Å²) in [5, 5.41) is 12.9. The molecule has 1 saturated heterocycles. The van der Waals surface area contributed by atoms with E-state index < -0.39 is 6.10 Å². The Kier molecular flexibility index (Phi) is 4.17. The van der Waals surface area contributed by atoms with Gasteiger partial charge in [-0.3, -0.25) is 9.69 Å². The zero-order valence-electron chi connectivity index (χ0n) is 10.3. The van der Waals surface area contributed by atoms with E-state index in [9.17, 15) is 9.90 Å². The fourth-order valence-corrected chi connectivity index (χ4v) is 2.06. The van der Waals surface area contributed by atoms with Gasteiger partial charge < -0.3 is 16.2 Å². The van der Waals surface area contributed by atoms with E-state index in [1.54, 1.807) is 12.1 Å². The van der Waals surface area contributed by atoms with Crippen molar-refractivity contribution >= 4 is 11.6 Å². The summed E-state index contributed by atoms with van der Waals surface area (Å²) in [4.78, 5) is 13.3. The zero-order chi connectivity index (χ0) is 13.0. The standard InChI is InChI=1S/C13H19N3O2/c14-11-3-1-10(2-4-11)12(17)9-16-7-5-13(18)15-6-8-16/h1-4,12,17H,5-9,14H2,(H,15,18). The number of nitrogens with zero attached hydrogens (tertiary/aromatic N) is 1. The van der Waals surface area contributed by atoms with E-state index in [2.05, 4.69) is 10.2 Å². The average molecular weight is 249 g/mol. The highest BCUT2D eigenvalue weighted by Crippen LogP contribution is 2.16. The van der Waals surface area contributed by atoms with Crippen LogP contribution in [0.3, 0.4) is 0 Å². The third kappa shape index (κ3) is 3.45. The van der Waals surface area contributed by atoms with E-state index in [1.807, 2.05) is 12.1 Å². The molecule has 18 heavy (non-hydrogen) atoms. The highest BCUT2D eigenvalue weighted by Gasteiger charge is 2.17. The fraction of sp³-hybridized carbons (Fsp3) is 0.462. The highest BCUT2D eigenvalue weighted by atomic mass is 16.3. The third-order valence-electron chi connectivity index (χ3n) is 3.16. The van der Waals surface area contributed by atoms with Crippen LogP contribution in [-0.2, 0) is 4.79 Å². The second-order valence-electron chi connectivity index (χ2n) is 4.58. The van der Waals surface area contributed by atoms with Crippen LogP contribution in [0.5, 0.6) is 0 Å². The second kappa shape index (κ2) is 5.84. The predicted molar refractivity (Wildman–Crippen MR) is 69.9 cm³/mol. The minimum Gasteiger partial charge on any atom is -0.399 e. The van der Waals surface area contributed by atoms with Crippen molar-refractivity contribution < 1.29 is 9.90 Å². The normalized spacial score (nSPS) is 19.1. The Morgan fingerprint density at radius 3 is 2.78 bits per heavy atom. The molecule has 0 aromatic heterocycles. The van der Waals surface area contributed by atoms with Crippen LogP contribution in [0, 0.1) is 0 Å². The van der Waals surface area contributed by atoms with Crippen molar-refractivity contribution in [3.63, 3.8) is 0 Å². The molecule has 1 heterocycles. The molecule has 1 fully saturated rings. The van der Waals surface area contributed by atoms with Crippen LogP contribution in [-0.4, -0.2) is 42.1 Å². The number of anilines is 1. The van der Waals surface area contributed by atoms with Crippen LogP contribution in [0.2, 0.25) is 0 Å². The van der Waals surface area contributed by atoms with Gasteiger partial charge in [0.2, 0.25) is 5.91 Å². The van der Waals surface area contributed by atoms with Gasteiger partial charge in [-0.2, -0.15) is 0 Å². The van der Waals surface area contributed by atoms with Crippen LogP contribution in [0.25, 0.3) is 0 Å². The maximum Gasteiger partial charge on any atom is 0.221 e. The first kappa shape index (κ1) is 12.9. The number of nitrogens with one attached hydrogen (secondary N) is 1. The van der Waals surface area contributed by atoms with Crippen LogP contribution in [0.1, 0.15) is 18.1 Å². The van der Waals surface area contributed by atoms with Gasteiger partial charge in [0.05, 0.1) is 6.10 Å². The Balaban J connectivity index is 1.92. The molecule has 98 valence electrons. The number of nitrogen functional groups attached to an aromatic ring is 1. The largest absolute Gasteiger partial charge is 0.399 e. The van der Waals surface area contributed by atoms with Crippen LogP contribution in [0.15, 0.2) is 24.3 Å². The van der Waals surface area contributed by atoms with Gasteiger partial charge in [-0.25, -0.2) is 0 Å². The first-order valence-corrected chi connectivity index (χ1v) is 6.18.